The maximum absolute atomic E-state index is 13.3. The number of hydrogen-bond acceptors (Lipinski definition) is 5. The van der Waals surface area contributed by atoms with Gasteiger partial charge in [-0.15, -0.1) is 0 Å². The molecule has 2 aromatic carbocycles. The molecule has 0 aliphatic heterocycles. The van der Waals surface area contributed by atoms with Gasteiger partial charge in [0.2, 0.25) is 10.0 Å². The summed E-state index contributed by atoms with van der Waals surface area (Å²) in [5.41, 5.74) is 1.85. The van der Waals surface area contributed by atoms with E-state index in [0.717, 1.165) is 15.2 Å². The van der Waals surface area contributed by atoms with E-state index in [0.29, 0.717) is 23.7 Å². The van der Waals surface area contributed by atoms with E-state index < -0.39 is 20.0 Å². The predicted molar refractivity (Wildman–Crippen MR) is 123 cm³/mol. The number of aromatic nitrogens is 2. The van der Waals surface area contributed by atoms with Crippen molar-refractivity contribution in [1.82, 2.24) is 13.7 Å². The third kappa shape index (κ3) is 4.19. The number of fused-ring (bicyclic) bond motifs is 1. The number of hydrogen-bond donors (Lipinski definition) is 1. The molecule has 32 heavy (non-hydrogen) atoms. The van der Waals surface area contributed by atoms with E-state index >= 15 is 0 Å². The van der Waals surface area contributed by atoms with Crippen LogP contribution in [0.4, 0.5) is 0 Å². The molecular formula is C23H23N3O4S2. The van der Waals surface area contributed by atoms with Crippen LogP contribution in [0.5, 0.6) is 0 Å². The maximum Gasteiger partial charge on any atom is 0.268 e. The number of rotatable bonds is 8. The molecule has 0 aliphatic carbocycles. The standard InChI is InChI=1S/C23H23N3O4S2/c1-2-18-9-8-13-21-23(18)22(17-26(21)32(29,30)20-11-4-3-5-12-20)31(27,28)25-16-14-19-10-6-7-15-24-19/h3-13,15,17,25H,2,14,16H2,1H3. The summed E-state index contributed by atoms with van der Waals surface area (Å²) in [7, 11) is -7.95. The van der Waals surface area contributed by atoms with Crippen LogP contribution < -0.4 is 4.72 Å². The number of nitrogens with zero attached hydrogens (tertiary/aromatic N) is 2. The molecule has 0 atom stereocenters. The lowest BCUT2D eigenvalue weighted by Crippen LogP contribution is -2.26. The minimum absolute atomic E-state index is 0.0505. The summed E-state index contributed by atoms with van der Waals surface area (Å²) in [4.78, 5) is 4.24. The van der Waals surface area contributed by atoms with E-state index in [4.69, 9.17) is 0 Å². The van der Waals surface area contributed by atoms with Crippen LogP contribution in [-0.4, -0.2) is 32.3 Å². The van der Waals surface area contributed by atoms with Crippen molar-refractivity contribution < 1.29 is 16.8 Å². The molecule has 2 heterocycles. The molecule has 0 radical (unpaired) electrons. The van der Waals surface area contributed by atoms with Crippen LogP contribution in [0, 0.1) is 0 Å². The second-order valence-electron chi connectivity index (χ2n) is 7.24. The van der Waals surface area contributed by atoms with Crippen LogP contribution in [0.15, 0.2) is 88.9 Å². The van der Waals surface area contributed by atoms with Crippen LogP contribution in [0.2, 0.25) is 0 Å². The highest BCUT2D eigenvalue weighted by Gasteiger charge is 2.27. The van der Waals surface area contributed by atoms with Gasteiger partial charge in [0.15, 0.2) is 0 Å². The summed E-state index contributed by atoms with van der Waals surface area (Å²) < 4.78 is 56.8. The zero-order valence-corrected chi connectivity index (χ0v) is 19.1. The maximum atomic E-state index is 13.3. The van der Waals surface area contributed by atoms with E-state index in [1.165, 1.54) is 18.3 Å². The first-order valence-electron chi connectivity index (χ1n) is 10.2. The highest BCUT2D eigenvalue weighted by Crippen LogP contribution is 2.32. The first-order valence-corrected chi connectivity index (χ1v) is 13.1. The summed E-state index contributed by atoms with van der Waals surface area (Å²) in [6.45, 7) is 2.05. The Balaban J connectivity index is 1.79. The molecule has 0 unspecified atom stereocenters. The van der Waals surface area contributed by atoms with Crippen molar-refractivity contribution in [3.63, 3.8) is 0 Å². The minimum atomic E-state index is -3.98. The van der Waals surface area contributed by atoms with Gasteiger partial charge in [0.25, 0.3) is 10.0 Å². The fraction of sp³-hybridized carbons (Fsp3) is 0.174. The van der Waals surface area contributed by atoms with Crippen LogP contribution >= 0.6 is 0 Å². The van der Waals surface area contributed by atoms with Crippen molar-refractivity contribution in [1.29, 1.82) is 0 Å². The van der Waals surface area contributed by atoms with Crippen molar-refractivity contribution in [3.05, 3.63) is 90.4 Å². The van der Waals surface area contributed by atoms with Crippen LogP contribution in [0.1, 0.15) is 18.2 Å². The zero-order chi connectivity index (χ0) is 22.8. The summed E-state index contributed by atoms with van der Waals surface area (Å²) in [6.07, 6.45) is 3.83. The topological polar surface area (TPSA) is 98.1 Å². The highest BCUT2D eigenvalue weighted by atomic mass is 32.2. The molecule has 0 bridgehead atoms. The lowest BCUT2D eigenvalue weighted by molar-refractivity contribution is 0.581. The Morgan fingerprint density at radius 2 is 1.66 bits per heavy atom. The SMILES string of the molecule is CCc1cccc2c1c(S(=O)(=O)NCCc1ccccn1)cn2S(=O)(=O)c1ccccc1. The van der Waals surface area contributed by atoms with Crippen molar-refractivity contribution >= 4 is 30.9 Å². The molecule has 2 aromatic heterocycles. The van der Waals surface area contributed by atoms with Gasteiger partial charge < -0.3 is 0 Å². The largest absolute Gasteiger partial charge is 0.268 e. The third-order valence-corrected chi connectivity index (χ3v) is 8.38. The van der Waals surface area contributed by atoms with Crippen molar-refractivity contribution in [2.24, 2.45) is 0 Å². The fourth-order valence-electron chi connectivity index (χ4n) is 3.64. The van der Waals surface area contributed by atoms with Crippen LogP contribution in [0.3, 0.4) is 0 Å². The Hall–Kier alpha value is -3.01. The quantitative estimate of drug-likeness (QED) is 0.427. The van der Waals surface area contributed by atoms with Gasteiger partial charge in [0.1, 0.15) is 4.90 Å². The molecule has 0 saturated carbocycles. The first kappa shape index (κ1) is 22.2. The molecule has 4 rings (SSSR count). The number of sulfonamides is 1. The second-order valence-corrected chi connectivity index (χ2v) is 10.8. The Morgan fingerprint density at radius 3 is 2.34 bits per heavy atom. The molecule has 1 N–H and O–H groups in total. The van der Waals surface area contributed by atoms with E-state index in [9.17, 15) is 16.8 Å². The Kier molecular flexibility index (Phi) is 6.14. The molecule has 166 valence electrons. The number of pyridine rings is 1. The van der Waals surface area contributed by atoms with Gasteiger partial charge in [-0.1, -0.05) is 43.3 Å². The number of benzene rings is 2. The summed E-state index contributed by atoms with van der Waals surface area (Å²) >= 11 is 0. The smallest absolute Gasteiger partial charge is 0.261 e. The fourth-order valence-corrected chi connectivity index (χ4v) is 6.36. The van der Waals surface area contributed by atoms with Crippen molar-refractivity contribution in [3.8, 4) is 0 Å². The minimum Gasteiger partial charge on any atom is -0.261 e. The lowest BCUT2D eigenvalue weighted by atomic mass is 10.1. The molecule has 7 nitrogen and oxygen atoms in total. The lowest BCUT2D eigenvalue weighted by Gasteiger charge is -2.08. The monoisotopic (exact) mass is 469 g/mol. The highest BCUT2D eigenvalue weighted by molar-refractivity contribution is 7.91. The van der Waals surface area contributed by atoms with Gasteiger partial charge in [0, 0.05) is 36.4 Å². The summed E-state index contributed by atoms with van der Waals surface area (Å²) in [5, 5.41) is 0.417. The van der Waals surface area contributed by atoms with Gasteiger partial charge in [0.05, 0.1) is 10.4 Å². The van der Waals surface area contributed by atoms with Gasteiger partial charge >= 0.3 is 0 Å². The average Bonchev–Trinajstić information content (AvgIpc) is 3.22. The molecule has 0 aliphatic rings. The van der Waals surface area contributed by atoms with E-state index in [-0.39, 0.29) is 16.3 Å². The van der Waals surface area contributed by atoms with Gasteiger partial charge in [-0.25, -0.2) is 25.5 Å². The first-order chi connectivity index (χ1) is 15.3. The van der Waals surface area contributed by atoms with Crippen molar-refractivity contribution in [2.45, 2.75) is 29.6 Å². The third-order valence-electron chi connectivity index (χ3n) is 5.22. The Labute approximate surface area is 187 Å². The molecule has 9 heteroatoms. The zero-order valence-electron chi connectivity index (χ0n) is 17.5. The normalized spacial score (nSPS) is 12.3. The van der Waals surface area contributed by atoms with E-state index in [1.54, 1.807) is 42.6 Å². The second kappa shape index (κ2) is 8.85. The average molecular weight is 470 g/mol. The predicted octanol–water partition coefficient (Wildman–Crippen LogP) is 3.36. The molecule has 0 saturated heterocycles. The number of nitrogens with one attached hydrogen (secondary N) is 1. The van der Waals surface area contributed by atoms with Gasteiger partial charge in [-0.3, -0.25) is 4.98 Å². The Morgan fingerprint density at radius 1 is 0.906 bits per heavy atom. The Bertz CT molecular complexity index is 1450. The molecule has 4 aromatic rings. The number of aryl methyl sites for hydroxylation is 1. The van der Waals surface area contributed by atoms with E-state index in [2.05, 4.69) is 9.71 Å². The van der Waals surface area contributed by atoms with Gasteiger partial charge in [-0.05, 0) is 42.3 Å². The molecule has 0 amide bonds. The summed E-state index contributed by atoms with van der Waals surface area (Å²) in [6, 6.07) is 18.6. The molecular weight excluding hydrogens is 446 g/mol. The van der Waals surface area contributed by atoms with E-state index in [1.807, 2.05) is 25.1 Å². The van der Waals surface area contributed by atoms with Gasteiger partial charge in [-0.2, -0.15) is 0 Å². The molecule has 0 fully saturated rings. The van der Waals surface area contributed by atoms with Crippen molar-refractivity contribution in [2.75, 3.05) is 6.54 Å². The van der Waals surface area contributed by atoms with Crippen LogP contribution in [-0.2, 0) is 32.9 Å². The summed E-state index contributed by atoms with van der Waals surface area (Å²) in [5.74, 6) is 0. The van der Waals surface area contributed by atoms with Crippen LogP contribution in [0.25, 0.3) is 10.9 Å². The molecule has 0 spiro atoms.